The van der Waals surface area contributed by atoms with Gasteiger partial charge < -0.3 is 14.6 Å². The summed E-state index contributed by atoms with van der Waals surface area (Å²) in [4.78, 5) is 12.3. The van der Waals surface area contributed by atoms with E-state index in [-0.39, 0.29) is 30.0 Å². The van der Waals surface area contributed by atoms with Crippen molar-refractivity contribution < 1.29 is 19.4 Å². The van der Waals surface area contributed by atoms with Crippen LogP contribution in [0.5, 0.6) is 5.75 Å². The molecule has 0 amide bonds. The zero-order valence-electron chi connectivity index (χ0n) is 15.4. The number of aliphatic hydroxyl groups excluding tert-OH is 1. The van der Waals surface area contributed by atoms with Gasteiger partial charge in [-0.05, 0) is 23.0 Å². The summed E-state index contributed by atoms with van der Waals surface area (Å²) in [6.07, 6.45) is 0.445. The van der Waals surface area contributed by atoms with E-state index in [0.29, 0.717) is 12.0 Å². The number of hydrogen-bond donors (Lipinski definition) is 1. The van der Waals surface area contributed by atoms with E-state index in [9.17, 15) is 4.79 Å². The first-order valence-corrected chi connectivity index (χ1v) is 8.03. The Hall–Kier alpha value is -1.55. The number of esters is 1. The van der Waals surface area contributed by atoms with Gasteiger partial charge in [-0.3, -0.25) is 0 Å². The minimum Gasteiger partial charge on any atom is -0.496 e. The Kier molecular flexibility index (Phi) is 6.23. The van der Waals surface area contributed by atoms with Crippen LogP contribution in [0.2, 0.25) is 0 Å². The molecule has 0 fully saturated rings. The highest BCUT2D eigenvalue weighted by Gasteiger charge is 2.28. The van der Waals surface area contributed by atoms with Crippen molar-refractivity contribution in [2.24, 2.45) is 0 Å². The van der Waals surface area contributed by atoms with E-state index >= 15 is 0 Å². The number of rotatable bonds is 5. The number of carbonyl (C=O) groups excluding carboxylic acids is 1. The number of hydrogen-bond acceptors (Lipinski definition) is 4. The van der Waals surface area contributed by atoms with Crippen LogP contribution in [-0.4, -0.2) is 31.4 Å². The smallest absolute Gasteiger partial charge is 0.338 e. The van der Waals surface area contributed by atoms with Crippen molar-refractivity contribution in [1.29, 1.82) is 0 Å². The molecule has 0 saturated heterocycles. The SMILES string of the molecule is COc1c(C(C)(C)C)cc(C(=O)OCCCO)cc1C(C)(C)C. The number of aliphatic hydroxyl groups is 1. The lowest BCUT2D eigenvalue weighted by Crippen LogP contribution is -2.21. The molecule has 0 aliphatic rings. The fourth-order valence-electron chi connectivity index (χ4n) is 2.39. The van der Waals surface area contributed by atoms with Gasteiger partial charge in [-0.15, -0.1) is 0 Å². The van der Waals surface area contributed by atoms with Gasteiger partial charge in [-0.25, -0.2) is 4.79 Å². The first-order chi connectivity index (χ1) is 10.5. The van der Waals surface area contributed by atoms with Crippen molar-refractivity contribution in [3.63, 3.8) is 0 Å². The quantitative estimate of drug-likeness (QED) is 0.661. The average Bonchev–Trinajstić information content (AvgIpc) is 2.44. The Bertz CT molecular complexity index is 512. The van der Waals surface area contributed by atoms with Crippen molar-refractivity contribution in [3.8, 4) is 5.75 Å². The molecule has 1 rings (SSSR count). The second-order valence-corrected chi connectivity index (χ2v) is 7.82. The van der Waals surface area contributed by atoms with Crippen LogP contribution < -0.4 is 4.74 Å². The first kappa shape index (κ1) is 19.5. The van der Waals surface area contributed by atoms with Crippen LogP contribution in [0.4, 0.5) is 0 Å². The van der Waals surface area contributed by atoms with Gasteiger partial charge >= 0.3 is 5.97 Å². The largest absolute Gasteiger partial charge is 0.496 e. The average molecular weight is 322 g/mol. The molecule has 130 valence electrons. The highest BCUT2D eigenvalue weighted by atomic mass is 16.5. The fraction of sp³-hybridized carbons (Fsp3) is 0.632. The molecule has 0 atom stereocenters. The molecule has 4 heteroatoms. The standard InChI is InChI=1S/C19H30O4/c1-18(2,3)14-11-13(17(21)23-10-8-9-20)12-15(16(14)22-7)19(4,5)6/h11-12,20H,8-10H2,1-7H3. The van der Waals surface area contributed by atoms with Gasteiger partial charge in [0.15, 0.2) is 0 Å². The zero-order chi connectivity index (χ0) is 17.8. The summed E-state index contributed by atoms with van der Waals surface area (Å²) in [6.45, 7) is 12.8. The van der Waals surface area contributed by atoms with E-state index < -0.39 is 0 Å². The minimum atomic E-state index is -0.364. The lowest BCUT2D eigenvalue weighted by atomic mass is 9.78. The van der Waals surface area contributed by atoms with Crippen LogP contribution in [0.15, 0.2) is 12.1 Å². The molecule has 0 bridgehead atoms. The third kappa shape index (κ3) is 4.96. The fourth-order valence-corrected chi connectivity index (χ4v) is 2.39. The molecule has 23 heavy (non-hydrogen) atoms. The van der Waals surface area contributed by atoms with Gasteiger partial charge in [0.25, 0.3) is 0 Å². The second-order valence-electron chi connectivity index (χ2n) is 7.82. The molecule has 0 saturated carbocycles. The molecule has 0 unspecified atom stereocenters. The van der Waals surface area contributed by atoms with E-state index in [1.165, 1.54) is 0 Å². The van der Waals surface area contributed by atoms with Gasteiger partial charge in [-0.1, -0.05) is 41.5 Å². The Morgan fingerprint density at radius 1 is 1.04 bits per heavy atom. The summed E-state index contributed by atoms with van der Waals surface area (Å²) in [5.74, 6) is 0.467. The maximum atomic E-state index is 12.3. The molecule has 0 aliphatic carbocycles. The van der Waals surface area contributed by atoms with Crippen molar-refractivity contribution in [3.05, 3.63) is 28.8 Å². The van der Waals surface area contributed by atoms with Crippen molar-refractivity contribution in [1.82, 2.24) is 0 Å². The van der Waals surface area contributed by atoms with Gasteiger partial charge in [0.2, 0.25) is 0 Å². The number of carbonyl (C=O) groups is 1. The number of methoxy groups -OCH3 is 1. The Labute approximate surface area is 139 Å². The normalized spacial score (nSPS) is 12.2. The zero-order valence-corrected chi connectivity index (χ0v) is 15.4. The molecule has 4 nitrogen and oxygen atoms in total. The maximum absolute atomic E-state index is 12.3. The third-order valence-corrected chi connectivity index (χ3v) is 3.68. The Morgan fingerprint density at radius 3 is 1.87 bits per heavy atom. The van der Waals surface area contributed by atoms with Crippen LogP contribution in [0, 0.1) is 0 Å². The monoisotopic (exact) mass is 322 g/mol. The van der Waals surface area contributed by atoms with E-state index in [4.69, 9.17) is 14.6 Å². The van der Waals surface area contributed by atoms with Crippen molar-refractivity contribution in [2.75, 3.05) is 20.3 Å². The summed E-state index contributed by atoms with van der Waals surface area (Å²) >= 11 is 0. The molecule has 0 aromatic heterocycles. The summed E-state index contributed by atoms with van der Waals surface area (Å²) in [5.41, 5.74) is 2.18. The lowest BCUT2D eigenvalue weighted by molar-refractivity contribution is 0.0481. The topological polar surface area (TPSA) is 55.8 Å². The van der Waals surface area contributed by atoms with Crippen LogP contribution >= 0.6 is 0 Å². The summed E-state index contributed by atoms with van der Waals surface area (Å²) in [5, 5.41) is 8.81. The Balaban J connectivity index is 3.41. The predicted octanol–water partition coefficient (Wildman–Crippen LogP) is 3.83. The maximum Gasteiger partial charge on any atom is 0.338 e. The molecule has 0 heterocycles. The third-order valence-electron chi connectivity index (χ3n) is 3.68. The van der Waals surface area contributed by atoms with Gasteiger partial charge in [0, 0.05) is 24.2 Å². The second kappa shape index (κ2) is 7.35. The summed E-state index contributed by atoms with van der Waals surface area (Å²) in [7, 11) is 1.67. The molecular weight excluding hydrogens is 292 g/mol. The first-order valence-electron chi connectivity index (χ1n) is 8.03. The van der Waals surface area contributed by atoms with Crippen LogP contribution in [0.3, 0.4) is 0 Å². The van der Waals surface area contributed by atoms with Crippen molar-refractivity contribution >= 4 is 5.97 Å². The highest BCUT2D eigenvalue weighted by Crippen LogP contribution is 2.40. The molecule has 0 radical (unpaired) electrons. The molecule has 1 aromatic carbocycles. The van der Waals surface area contributed by atoms with Crippen LogP contribution in [0.25, 0.3) is 0 Å². The van der Waals surface area contributed by atoms with Crippen LogP contribution in [-0.2, 0) is 15.6 Å². The van der Waals surface area contributed by atoms with Gasteiger partial charge in [0.05, 0.1) is 19.3 Å². The lowest BCUT2D eigenvalue weighted by Gasteiger charge is -2.29. The number of benzene rings is 1. The van der Waals surface area contributed by atoms with Crippen LogP contribution in [0.1, 0.15) is 69.4 Å². The molecule has 0 aliphatic heterocycles. The number of ether oxygens (including phenoxy) is 2. The van der Waals surface area contributed by atoms with E-state index in [1.54, 1.807) is 7.11 Å². The summed E-state index contributed by atoms with van der Waals surface area (Å²) < 4.78 is 10.9. The Morgan fingerprint density at radius 2 is 1.52 bits per heavy atom. The van der Waals surface area contributed by atoms with E-state index in [2.05, 4.69) is 41.5 Å². The minimum absolute atomic E-state index is 0.0103. The van der Waals surface area contributed by atoms with Crippen molar-refractivity contribution in [2.45, 2.75) is 58.8 Å². The molecule has 0 spiro atoms. The molecule has 1 aromatic rings. The molecular formula is C19H30O4. The van der Waals surface area contributed by atoms with E-state index in [0.717, 1.165) is 16.9 Å². The van der Waals surface area contributed by atoms with Gasteiger partial charge in [0.1, 0.15) is 5.75 Å². The highest BCUT2D eigenvalue weighted by molar-refractivity contribution is 5.90. The van der Waals surface area contributed by atoms with Gasteiger partial charge in [-0.2, -0.15) is 0 Å². The predicted molar refractivity (Wildman–Crippen MR) is 92.4 cm³/mol. The van der Waals surface area contributed by atoms with E-state index in [1.807, 2.05) is 12.1 Å². The summed E-state index contributed by atoms with van der Waals surface area (Å²) in [6, 6.07) is 3.71. The molecule has 1 N–H and O–H groups in total.